The summed E-state index contributed by atoms with van der Waals surface area (Å²) in [5, 5.41) is 13.9. The molecule has 0 radical (unpaired) electrons. The Morgan fingerprint density at radius 1 is 1.11 bits per heavy atom. The quantitative estimate of drug-likeness (QED) is 0.738. The molecule has 1 fully saturated rings. The summed E-state index contributed by atoms with van der Waals surface area (Å²) in [5.41, 5.74) is -0.911. The van der Waals surface area contributed by atoms with Crippen LogP contribution < -0.4 is 4.90 Å². The van der Waals surface area contributed by atoms with Crippen LogP contribution in [0.25, 0.3) is 16.9 Å². The van der Waals surface area contributed by atoms with Crippen LogP contribution >= 0.6 is 0 Å². The van der Waals surface area contributed by atoms with Gasteiger partial charge >= 0.3 is 12.1 Å². The topological polar surface area (TPSA) is 80.0 Å². The Labute approximate surface area is 157 Å². The highest BCUT2D eigenvalue weighted by molar-refractivity contribution is 5.93. The summed E-state index contributed by atoms with van der Waals surface area (Å²) in [6.07, 6.45) is -4.56. The first kappa shape index (κ1) is 18.2. The van der Waals surface area contributed by atoms with E-state index in [1.165, 1.54) is 30.3 Å². The Bertz CT molecular complexity index is 1040. The normalized spacial score (nSPS) is 15.2. The van der Waals surface area contributed by atoms with Crippen LogP contribution in [-0.4, -0.2) is 52.0 Å². The van der Waals surface area contributed by atoms with E-state index in [1.807, 2.05) is 0 Å². The van der Waals surface area contributed by atoms with E-state index in [1.54, 1.807) is 4.90 Å². The second-order valence-electron chi connectivity index (χ2n) is 6.22. The number of fused-ring (bicyclic) bond motifs is 1. The van der Waals surface area contributed by atoms with Crippen molar-refractivity contribution >= 4 is 17.4 Å². The van der Waals surface area contributed by atoms with Crippen molar-refractivity contribution in [3.05, 3.63) is 47.7 Å². The number of nitrogens with zero attached hydrogens (tertiary/aromatic N) is 4. The van der Waals surface area contributed by atoms with Gasteiger partial charge in [-0.05, 0) is 18.2 Å². The minimum absolute atomic E-state index is 0.00820. The predicted molar refractivity (Wildman–Crippen MR) is 93.4 cm³/mol. The van der Waals surface area contributed by atoms with E-state index in [4.69, 9.17) is 4.74 Å². The van der Waals surface area contributed by atoms with Gasteiger partial charge < -0.3 is 14.7 Å². The Kier molecular flexibility index (Phi) is 4.42. The zero-order chi connectivity index (χ0) is 19.9. The van der Waals surface area contributed by atoms with Crippen molar-refractivity contribution in [2.24, 2.45) is 0 Å². The molecule has 0 saturated carbocycles. The second kappa shape index (κ2) is 6.79. The highest BCUT2D eigenvalue weighted by Crippen LogP contribution is 2.36. The molecule has 4 rings (SSSR count). The van der Waals surface area contributed by atoms with Crippen LogP contribution in [-0.2, 0) is 10.9 Å². The molecule has 1 saturated heterocycles. The Morgan fingerprint density at radius 2 is 1.82 bits per heavy atom. The molecule has 146 valence electrons. The molecule has 7 nitrogen and oxygen atoms in total. The minimum atomic E-state index is -4.56. The van der Waals surface area contributed by atoms with Crippen molar-refractivity contribution in [2.45, 2.75) is 6.18 Å². The largest absolute Gasteiger partial charge is 0.476 e. The van der Waals surface area contributed by atoms with Gasteiger partial charge in [0.2, 0.25) is 0 Å². The minimum Gasteiger partial charge on any atom is -0.476 e. The number of aromatic carboxylic acids is 1. The van der Waals surface area contributed by atoms with Gasteiger partial charge in [0.05, 0.1) is 24.5 Å². The number of carboxylic acids is 1. The molecule has 1 aliphatic rings. The zero-order valence-corrected chi connectivity index (χ0v) is 14.5. The fourth-order valence-corrected chi connectivity index (χ4v) is 3.20. The van der Waals surface area contributed by atoms with Gasteiger partial charge in [0.1, 0.15) is 0 Å². The predicted octanol–water partition coefficient (Wildman–Crippen LogP) is 2.95. The van der Waals surface area contributed by atoms with E-state index in [2.05, 4.69) is 10.1 Å². The van der Waals surface area contributed by atoms with Crippen LogP contribution in [0.15, 0.2) is 36.4 Å². The molecule has 1 aromatic carbocycles. The number of halogens is 3. The molecule has 28 heavy (non-hydrogen) atoms. The molecule has 3 aromatic rings. The lowest BCUT2D eigenvalue weighted by Crippen LogP contribution is -2.37. The maximum atomic E-state index is 13.3. The standard InChI is InChI=1S/C18H15F3N4O3/c19-18(20,21)12-4-2-1-3-11(12)13-5-6-14-22-16(24-7-9-28-10-8-24)15(17(26)27)25(14)23-13/h1-6H,7-10H2,(H,26,27). The van der Waals surface area contributed by atoms with Gasteiger partial charge in [0.15, 0.2) is 17.2 Å². The number of morpholine rings is 1. The summed E-state index contributed by atoms with van der Waals surface area (Å²) in [5.74, 6) is -1.03. The molecule has 2 aromatic heterocycles. The maximum Gasteiger partial charge on any atom is 0.417 e. The fourth-order valence-electron chi connectivity index (χ4n) is 3.20. The van der Waals surface area contributed by atoms with E-state index in [0.717, 1.165) is 10.6 Å². The smallest absolute Gasteiger partial charge is 0.417 e. The molecule has 10 heteroatoms. The van der Waals surface area contributed by atoms with Crippen molar-refractivity contribution in [1.29, 1.82) is 0 Å². The van der Waals surface area contributed by atoms with Crippen molar-refractivity contribution in [1.82, 2.24) is 14.6 Å². The Hall–Kier alpha value is -3.14. The third-order valence-corrected chi connectivity index (χ3v) is 4.48. The van der Waals surface area contributed by atoms with E-state index in [9.17, 15) is 23.1 Å². The number of imidazole rings is 1. The van der Waals surface area contributed by atoms with Gasteiger partial charge in [-0.1, -0.05) is 18.2 Å². The van der Waals surface area contributed by atoms with E-state index >= 15 is 0 Å². The third-order valence-electron chi connectivity index (χ3n) is 4.48. The molecule has 0 aliphatic carbocycles. The lowest BCUT2D eigenvalue weighted by molar-refractivity contribution is -0.137. The summed E-state index contributed by atoms with van der Waals surface area (Å²) in [6.45, 7) is 1.80. The van der Waals surface area contributed by atoms with Crippen LogP contribution in [0, 0.1) is 0 Å². The molecule has 0 unspecified atom stereocenters. The first-order valence-electron chi connectivity index (χ1n) is 8.48. The van der Waals surface area contributed by atoms with Gasteiger partial charge in [0, 0.05) is 18.7 Å². The SMILES string of the molecule is O=C(O)c1c(N2CCOCC2)nc2ccc(-c3ccccc3C(F)(F)F)nn12. The van der Waals surface area contributed by atoms with Gasteiger partial charge in [-0.2, -0.15) is 18.3 Å². The monoisotopic (exact) mass is 392 g/mol. The first-order chi connectivity index (χ1) is 13.4. The van der Waals surface area contributed by atoms with E-state index in [0.29, 0.717) is 26.3 Å². The van der Waals surface area contributed by atoms with E-state index < -0.39 is 17.7 Å². The molecule has 1 N–H and O–H groups in total. The molecule has 0 atom stereocenters. The molecule has 3 heterocycles. The number of hydrogen-bond donors (Lipinski definition) is 1. The van der Waals surface area contributed by atoms with E-state index in [-0.39, 0.29) is 28.4 Å². The number of carboxylic acid groups (broad SMARTS) is 1. The first-order valence-corrected chi connectivity index (χ1v) is 8.48. The number of anilines is 1. The highest BCUT2D eigenvalue weighted by Gasteiger charge is 2.34. The van der Waals surface area contributed by atoms with Crippen LogP contribution in [0.1, 0.15) is 16.1 Å². The second-order valence-corrected chi connectivity index (χ2v) is 6.22. The molecule has 1 aliphatic heterocycles. The number of ether oxygens (including phenoxy) is 1. The van der Waals surface area contributed by atoms with Crippen LogP contribution in [0.3, 0.4) is 0 Å². The van der Waals surface area contributed by atoms with Gasteiger partial charge in [-0.25, -0.2) is 14.3 Å². The molecule has 0 bridgehead atoms. The number of carbonyl (C=O) groups is 1. The summed E-state index contributed by atoms with van der Waals surface area (Å²) in [6, 6.07) is 7.90. The van der Waals surface area contributed by atoms with Crippen LogP contribution in [0.5, 0.6) is 0 Å². The zero-order valence-electron chi connectivity index (χ0n) is 14.5. The van der Waals surface area contributed by atoms with Crippen molar-refractivity contribution in [2.75, 3.05) is 31.2 Å². The molecular weight excluding hydrogens is 377 g/mol. The number of hydrogen-bond acceptors (Lipinski definition) is 5. The summed E-state index contributed by atoms with van der Waals surface area (Å²) in [7, 11) is 0. The number of alkyl halides is 3. The third kappa shape index (κ3) is 3.15. The van der Waals surface area contributed by atoms with Crippen molar-refractivity contribution in [3.8, 4) is 11.3 Å². The Balaban J connectivity index is 1.88. The van der Waals surface area contributed by atoms with Crippen molar-refractivity contribution < 1.29 is 27.8 Å². The molecule has 0 spiro atoms. The van der Waals surface area contributed by atoms with Gasteiger partial charge in [-0.3, -0.25) is 0 Å². The Morgan fingerprint density at radius 3 is 2.50 bits per heavy atom. The van der Waals surface area contributed by atoms with Crippen molar-refractivity contribution in [3.63, 3.8) is 0 Å². The number of aromatic nitrogens is 3. The lowest BCUT2D eigenvalue weighted by atomic mass is 10.0. The number of rotatable bonds is 3. The van der Waals surface area contributed by atoms with Gasteiger partial charge in [0.25, 0.3) is 0 Å². The number of benzene rings is 1. The highest BCUT2D eigenvalue weighted by atomic mass is 19.4. The average Bonchev–Trinajstić information content (AvgIpc) is 3.07. The summed E-state index contributed by atoms with van der Waals surface area (Å²) < 4.78 is 46.4. The summed E-state index contributed by atoms with van der Waals surface area (Å²) in [4.78, 5) is 18.0. The molecule has 0 amide bonds. The maximum absolute atomic E-state index is 13.3. The van der Waals surface area contributed by atoms with Gasteiger partial charge in [-0.15, -0.1) is 0 Å². The fraction of sp³-hybridized carbons (Fsp3) is 0.278. The van der Waals surface area contributed by atoms with Crippen LogP contribution in [0.2, 0.25) is 0 Å². The molecular formula is C18H15F3N4O3. The average molecular weight is 392 g/mol. The summed E-state index contributed by atoms with van der Waals surface area (Å²) >= 11 is 0. The lowest BCUT2D eigenvalue weighted by Gasteiger charge is -2.27. The van der Waals surface area contributed by atoms with Crippen LogP contribution in [0.4, 0.5) is 19.0 Å².